The van der Waals surface area contributed by atoms with Gasteiger partial charge in [-0.2, -0.15) is 0 Å². The van der Waals surface area contributed by atoms with E-state index < -0.39 is 5.79 Å². The van der Waals surface area contributed by atoms with Crippen LogP contribution in [0.3, 0.4) is 0 Å². The first-order valence-corrected chi connectivity index (χ1v) is 16.4. The van der Waals surface area contributed by atoms with Gasteiger partial charge in [-0.15, -0.1) is 23.5 Å². The van der Waals surface area contributed by atoms with Crippen molar-refractivity contribution in [2.75, 3.05) is 44.5 Å². The van der Waals surface area contributed by atoms with Gasteiger partial charge in [0.05, 0.1) is 30.5 Å². The Balaban J connectivity index is 1.49. The van der Waals surface area contributed by atoms with Crippen molar-refractivity contribution >= 4 is 23.5 Å². The maximum Gasteiger partial charge on any atom is 0.171 e. The van der Waals surface area contributed by atoms with Gasteiger partial charge in [0.25, 0.3) is 0 Å². The molecule has 0 N–H and O–H groups in total. The molecule has 0 aromatic carbocycles. The van der Waals surface area contributed by atoms with E-state index in [1.165, 1.54) is 24.3 Å². The van der Waals surface area contributed by atoms with Crippen LogP contribution in [0.1, 0.15) is 79.6 Å². The molecule has 4 fully saturated rings. The van der Waals surface area contributed by atoms with E-state index in [9.17, 15) is 0 Å². The van der Waals surface area contributed by atoms with Crippen LogP contribution in [0.15, 0.2) is 12.2 Å². The molecular weight excluding hydrogens is 492 g/mol. The fourth-order valence-electron chi connectivity index (χ4n) is 5.87. The molecule has 4 unspecified atom stereocenters. The highest BCUT2D eigenvalue weighted by molar-refractivity contribution is 8.20. The zero-order chi connectivity index (χ0) is 25.7. The van der Waals surface area contributed by atoms with E-state index in [2.05, 4.69) is 70.3 Å². The summed E-state index contributed by atoms with van der Waals surface area (Å²) in [5.41, 5.74) is -0.0544. The number of rotatable bonds is 11. The van der Waals surface area contributed by atoms with E-state index in [0.717, 1.165) is 63.1 Å². The summed E-state index contributed by atoms with van der Waals surface area (Å²) in [7, 11) is 0. The van der Waals surface area contributed by atoms with Gasteiger partial charge >= 0.3 is 0 Å². The molecule has 4 atom stereocenters. The van der Waals surface area contributed by atoms with Crippen molar-refractivity contribution in [3.8, 4) is 0 Å². The smallest absolute Gasteiger partial charge is 0.171 e. The number of allylic oxidation sites excluding steroid dienone is 1. The molecule has 1 saturated carbocycles. The van der Waals surface area contributed by atoms with Crippen molar-refractivity contribution in [1.82, 2.24) is 0 Å². The third-order valence-electron chi connectivity index (χ3n) is 8.14. The number of hydrogen-bond acceptors (Lipinski definition) is 7. The molecule has 0 aromatic heterocycles. The predicted molar refractivity (Wildman–Crippen MR) is 150 cm³/mol. The number of ether oxygens (including phenoxy) is 5. The molecule has 3 aliphatic heterocycles. The maximum atomic E-state index is 6.61. The second-order valence-electron chi connectivity index (χ2n) is 12.5. The Kier molecular flexibility index (Phi) is 10.6. The molecule has 1 spiro atoms. The van der Waals surface area contributed by atoms with Gasteiger partial charge in [0, 0.05) is 47.9 Å². The minimum absolute atomic E-state index is 0.0579. The Morgan fingerprint density at radius 1 is 1.06 bits per heavy atom. The second-order valence-corrected chi connectivity index (χ2v) is 15.4. The summed E-state index contributed by atoms with van der Waals surface area (Å²) in [4.78, 5) is 0. The van der Waals surface area contributed by atoms with Gasteiger partial charge in [0.2, 0.25) is 0 Å². The minimum Gasteiger partial charge on any atom is -0.381 e. The lowest BCUT2D eigenvalue weighted by molar-refractivity contribution is -0.316. The van der Waals surface area contributed by atoms with Crippen molar-refractivity contribution in [2.24, 2.45) is 22.7 Å². The van der Waals surface area contributed by atoms with E-state index >= 15 is 0 Å². The highest BCUT2D eigenvalue weighted by Gasteiger charge is 2.53. The summed E-state index contributed by atoms with van der Waals surface area (Å²) in [5.74, 6) is 2.96. The van der Waals surface area contributed by atoms with Gasteiger partial charge in [-0.25, -0.2) is 0 Å². The van der Waals surface area contributed by atoms with Gasteiger partial charge < -0.3 is 23.7 Å². The molecule has 4 rings (SSSR count). The Bertz CT molecular complexity index is 690. The molecule has 208 valence electrons. The van der Waals surface area contributed by atoms with Crippen molar-refractivity contribution in [3.05, 3.63) is 12.2 Å². The monoisotopic (exact) mass is 542 g/mol. The average molecular weight is 543 g/mol. The third kappa shape index (κ3) is 7.67. The molecule has 1 aliphatic carbocycles. The van der Waals surface area contributed by atoms with Gasteiger partial charge in [-0.3, -0.25) is 0 Å². The SMILES string of the molecule is CCOCC(C)(C)C(/C=C/C1CCC2(OCC(C)(C)CO2)C1CCC1SCCS1)OC1CCCCO1. The van der Waals surface area contributed by atoms with Gasteiger partial charge in [-0.05, 0) is 51.4 Å². The van der Waals surface area contributed by atoms with Crippen LogP contribution in [-0.2, 0) is 23.7 Å². The lowest BCUT2D eigenvalue weighted by Gasteiger charge is -2.45. The number of hydrogen-bond donors (Lipinski definition) is 0. The molecule has 0 aromatic rings. The summed E-state index contributed by atoms with van der Waals surface area (Å²) in [6, 6.07) is 0. The lowest BCUT2D eigenvalue weighted by atomic mass is 9.83. The normalized spacial score (nSPS) is 32.0. The molecule has 36 heavy (non-hydrogen) atoms. The van der Waals surface area contributed by atoms with E-state index in [1.54, 1.807) is 0 Å². The fraction of sp³-hybridized carbons (Fsp3) is 0.931. The zero-order valence-electron chi connectivity index (χ0n) is 23.3. The summed E-state index contributed by atoms with van der Waals surface area (Å²) < 4.78 is 32.4. The van der Waals surface area contributed by atoms with Crippen LogP contribution in [0.2, 0.25) is 0 Å². The molecule has 0 amide bonds. The highest BCUT2D eigenvalue weighted by atomic mass is 32.2. The highest BCUT2D eigenvalue weighted by Crippen LogP contribution is 2.51. The predicted octanol–water partition coefficient (Wildman–Crippen LogP) is 6.90. The molecule has 4 aliphatic rings. The topological polar surface area (TPSA) is 46.2 Å². The van der Waals surface area contributed by atoms with Gasteiger partial charge in [-0.1, -0.05) is 39.8 Å². The Morgan fingerprint density at radius 3 is 2.47 bits per heavy atom. The first-order chi connectivity index (χ1) is 17.2. The Labute approximate surface area is 228 Å². The van der Waals surface area contributed by atoms with Gasteiger partial charge in [0.1, 0.15) is 0 Å². The van der Waals surface area contributed by atoms with Crippen LogP contribution in [0.4, 0.5) is 0 Å². The third-order valence-corrected chi connectivity index (χ3v) is 11.3. The standard InChI is InChI=1S/C29H50O5S2/c1-6-30-21-28(4,5)24(34-25-9-7-8-16-31-25)12-10-22-14-15-29(32-19-27(2,3)20-33-29)23(22)11-13-26-35-17-18-36-26/h10,12,22-26H,6-9,11,13-21H2,1-5H3/b12-10+. The molecule has 3 heterocycles. The molecule has 0 bridgehead atoms. The number of thioether (sulfide) groups is 2. The largest absolute Gasteiger partial charge is 0.381 e. The molecule has 5 nitrogen and oxygen atoms in total. The van der Waals surface area contributed by atoms with Gasteiger partial charge in [0.15, 0.2) is 12.1 Å². The molecule has 7 heteroatoms. The summed E-state index contributed by atoms with van der Waals surface area (Å²) in [5, 5.41) is 0. The van der Waals surface area contributed by atoms with Crippen molar-refractivity contribution < 1.29 is 23.7 Å². The zero-order valence-corrected chi connectivity index (χ0v) is 24.9. The fourth-order valence-corrected chi connectivity index (χ4v) is 8.74. The van der Waals surface area contributed by atoms with Crippen LogP contribution >= 0.6 is 23.5 Å². The van der Waals surface area contributed by atoms with E-state index in [4.69, 9.17) is 23.7 Å². The maximum absolute atomic E-state index is 6.61. The molecule has 3 saturated heterocycles. The van der Waals surface area contributed by atoms with E-state index in [0.29, 0.717) is 18.4 Å². The minimum atomic E-state index is -0.428. The summed E-state index contributed by atoms with van der Waals surface area (Å²) in [6.45, 7) is 14.8. The summed E-state index contributed by atoms with van der Waals surface area (Å²) >= 11 is 4.25. The first kappa shape index (κ1) is 29.2. The Hall–Kier alpha value is 0.240. The van der Waals surface area contributed by atoms with E-state index in [1.807, 2.05) is 0 Å². The molecular formula is C29H50O5S2. The van der Waals surface area contributed by atoms with Crippen LogP contribution in [0.25, 0.3) is 0 Å². The second kappa shape index (κ2) is 13.1. The molecule has 0 radical (unpaired) electrons. The summed E-state index contributed by atoms with van der Waals surface area (Å²) in [6.07, 6.45) is 12.3. The van der Waals surface area contributed by atoms with Crippen LogP contribution < -0.4 is 0 Å². The average Bonchev–Trinajstić information content (AvgIpc) is 3.50. The van der Waals surface area contributed by atoms with Crippen LogP contribution in [0.5, 0.6) is 0 Å². The first-order valence-electron chi connectivity index (χ1n) is 14.3. The van der Waals surface area contributed by atoms with Crippen LogP contribution in [-0.4, -0.2) is 67.3 Å². The van der Waals surface area contributed by atoms with Crippen molar-refractivity contribution in [3.63, 3.8) is 0 Å². The van der Waals surface area contributed by atoms with Crippen molar-refractivity contribution in [2.45, 2.75) is 102 Å². The van der Waals surface area contributed by atoms with Crippen LogP contribution in [0, 0.1) is 22.7 Å². The quantitative estimate of drug-likeness (QED) is 0.263. The Morgan fingerprint density at radius 2 is 1.81 bits per heavy atom. The van der Waals surface area contributed by atoms with Crippen molar-refractivity contribution in [1.29, 1.82) is 0 Å². The van der Waals surface area contributed by atoms with E-state index in [-0.39, 0.29) is 23.2 Å². The lowest BCUT2D eigenvalue weighted by Crippen LogP contribution is -2.50.